The monoisotopic (exact) mass is 276 g/mol. The zero-order valence-electron chi connectivity index (χ0n) is 11.8. The normalized spacial score (nSPS) is 24.6. The van der Waals surface area contributed by atoms with Crippen molar-refractivity contribution in [1.29, 1.82) is 5.26 Å². The topological polar surface area (TPSA) is 63.5 Å². The summed E-state index contributed by atoms with van der Waals surface area (Å²) in [5, 5.41) is 11.9. The first kappa shape index (κ1) is 14.6. The van der Waals surface area contributed by atoms with Gasteiger partial charge in [0.2, 0.25) is 0 Å². The predicted octanol–water partition coefficient (Wildman–Crippen LogP) is 2.19. The smallest absolute Gasteiger partial charge is 0.174 e. The highest BCUT2D eigenvalue weighted by atomic mass is 16.5. The van der Waals surface area contributed by atoms with Crippen molar-refractivity contribution in [2.75, 3.05) is 25.6 Å². The second kappa shape index (κ2) is 7.13. The van der Waals surface area contributed by atoms with Crippen LogP contribution in [-0.4, -0.2) is 38.6 Å². The van der Waals surface area contributed by atoms with E-state index in [1.54, 1.807) is 7.11 Å². The molecule has 1 aliphatic carbocycles. The Hall–Kier alpha value is -1.77. The van der Waals surface area contributed by atoms with Crippen LogP contribution < -0.4 is 10.1 Å². The Morgan fingerprint density at radius 1 is 1.35 bits per heavy atom. The van der Waals surface area contributed by atoms with Gasteiger partial charge in [-0.25, -0.2) is 0 Å². The van der Waals surface area contributed by atoms with E-state index in [1.807, 2.05) is 37.3 Å². The molecule has 5 nitrogen and oxygen atoms in total. The zero-order valence-corrected chi connectivity index (χ0v) is 11.8. The molecule has 1 aliphatic rings. The quantitative estimate of drug-likeness (QED) is 0.827. The maximum absolute atomic E-state index is 8.45. The van der Waals surface area contributed by atoms with Crippen molar-refractivity contribution in [3.05, 3.63) is 24.3 Å². The van der Waals surface area contributed by atoms with Gasteiger partial charge in [0.1, 0.15) is 17.9 Å². The summed E-state index contributed by atoms with van der Waals surface area (Å²) in [6, 6.07) is 9.78. The number of nitriles is 1. The van der Waals surface area contributed by atoms with Gasteiger partial charge in [-0.1, -0.05) is 0 Å². The Morgan fingerprint density at radius 2 is 2.10 bits per heavy atom. The van der Waals surface area contributed by atoms with Gasteiger partial charge in [0.15, 0.2) is 6.61 Å². The van der Waals surface area contributed by atoms with Crippen LogP contribution >= 0.6 is 0 Å². The van der Waals surface area contributed by atoms with Crippen molar-refractivity contribution in [1.82, 2.24) is 0 Å². The van der Waals surface area contributed by atoms with Crippen molar-refractivity contribution < 1.29 is 14.2 Å². The standard InChI is InChI=1S/C15H20N2O3/c1-3-19-14-10-13(15(14)18-2)17-11-4-6-12(7-5-11)20-9-8-16/h4-7,13-15,17H,3,9-10H2,1-2H3. The number of rotatable bonds is 7. The van der Waals surface area contributed by atoms with E-state index in [1.165, 1.54) is 0 Å². The number of hydrogen-bond acceptors (Lipinski definition) is 5. The van der Waals surface area contributed by atoms with E-state index in [9.17, 15) is 0 Å². The van der Waals surface area contributed by atoms with E-state index in [0.29, 0.717) is 12.4 Å². The fourth-order valence-corrected chi connectivity index (χ4v) is 2.39. The molecule has 0 aromatic heterocycles. The molecule has 0 aliphatic heterocycles. The molecule has 1 fully saturated rings. The van der Waals surface area contributed by atoms with Crippen LogP contribution in [0.3, 0.4) is 0 Å². The summed E-state index contributed by atoms with van der Waals surface area (Å²) < 4.78 is 16.3. The molecule has 0 radical (unpaired) electrons. The molecular formula is C15H20N2O3. The fraction of sp³-hybridized carbons (Fsp3) is 0.533. The van der Waals surface area contributed by atoms with E-state index in [0.717, 1.165) is 12.1 Å². The van der Waals surface area contributed by atoms with E-state index >= 15 is 0 Å². The van der Waals surface area contributed by atoms with Crippen molar-refractivity contribution in [2.24, 2.45) is 0 Å². The molecule has 2 rings (SSSR count). The van der Waals surface area contributed by atoms with Crippen molar-refractivity contribution in [3.8, 4) is 11.8 Å². The van der Waals surface area contributed by atoms with Crippen LogP contribution in [0.15, 0.2) is 24.3 Å². The molecule has 5 heteroatoms. The minimum atomic E-state index is 0.0667. The number of benzene rings is 1. The molecule has 0 saturated heterocycles. The summed E-state index contributed by atoms with van der Waals surface area (Å²) in [6.07, 6.45) is 1.21. The average molecular weight is 276 g/mol. The van der Waals surface area contributed by atoms with Gasteiger partial charge in [0.25, 0.3) is 0 Å². The van der Waals surface area contributed by atoms with Crippen LogP contribution in [0.2, 0.25) is 0 Å². The Balaban J connectivity index is 1.86. The minimum Gasteiger partial charge on any atom is -0.479 e. The maximum atomic E-state index is 8.45. The summed E-state index contributed by atoms with van der Waals surface area (Å²) in [5.74, 6) is 0.696. The van der Waals surface area contributed by atoms with Crippen LogP contribution in [-0.2, 0) is 9.47 Å². The van der Waals surface area contributed by atoms with Gasteiger partial charge >= 0.3 is 0 Å². The summed E-state index contributed by atoms with van der Waals surface area (Å²) in [6.45, 7) is 2.77. The Bertz CT molecular complexity index is 455. The molecule has 0 amide bonds. The molecule has 1 aromatic rings. The van der Waals surface area contributed by atoms with E-state index in [2.05, 4.69) is 5.32 Å². The first-order chi connectivity index (χ1) is 9.78. The van der Waals surface area contributed by atoms with Crippen LogP contribution in [0, 0.1) is 11.3 Å². The first-order valence-corrected chi connectivity index (χ1v) is 6.79. The molecular weight excluding hydrogens is 256 g/mol. The van der Waals surface area contributed by atoms with Gasteiger partial charge < -0.3 is 19.5 Å². The minimum absolute atomic E-state index is 0.0667. The summed E-state index contributed by atoms with van der Waals surface area (Å²) in [5.41, 5.74) is 1.01. The van der Waals surface area contributed by atoms with Gasteiger partial charge in [0, 0.05) is 19.4 Å². The SMILES string of the molecule is CCOC1CC(Nc2ccc(OCC#N)cc2)C1OC. The molecule has 1 N–H and O–H groups in total. The lowest BCUT2D eigenvalue weighted by Gasteiger charge is -2.43. The molecule has 0 spiro atoms. The third-order valence-corrected chi connectivity index (χ3v) is 3.41. The third kappa shape index (κ3) is 3.41. The molecule has 3 atom stereocenters. The van der Waals surface area contributed by atoms with E-state index < -0.39 is 0 Å². The largest absolute Gasteiger partial charge is 0.479 e. The molecule has 3 unspecified atom stereocenters. The summed E-state index contributed by atoms with van der Waals surface area (Å²) in [7, 11) is 1.71. The van der Waals surface area contributed by atoms with Gasteiger partial charge in [-0.15, -0.1) is 0 Å². The summed E-state index contributed by atoms with van der Waals surface area (Å²) in [4.78, 5) is 0. The number of nitrogens with zero attached hydrogens (tertiary/aromatic N) is 1. The number of methoxy groups -OCH3 is 1. The fourth-order valence-electron chi connectivity index (χ4n) is 2.39. The third-order valence-electron chi connectivity index (χ3n) is 3.41. The van der Waals surface area contributed by atoms with E-state index in [-0.39, 0.29) is 24.9 Å². The van der Waals surface area contributed by atoms with Crippen LogP contribution in [0.4, 0.5) is 5.69 Å². The summed E-state index contributed by atoms with van der Waals surface area (Å²) >= 11 is 0. The number of nitrogens with one attached hydrogen (secondary N) is 1. The maximum Gasteiger partial charge on any atom is 0.174 e. The zero-order chi connectivity index (χ0) is 14.4. The van der Waals surface area contributed by atoms with Gasteiger partial charge in [-0.2, -0.15) is 5.26 Å². The lowest BCUT2D eigenvalue weighted by molar-refractivity contribution is -0.118. The lowest BCUT2D eigenvalue weighted by Crippen LogP contribution is -2.56. The van der Waals surface area contributed by atoms with Gasteiger partial charge in [-0.05, 0) is 37.6 Å². The highest BCUT2D eigenvalue weighted by molar-refractivity contribution is 5.48. The number of ether oxygens (including phenoxy) is 3. The Labute approximate surface area is 119 Å². The van der Waals surface area contributed by atoms with Gasteiger partial charge in [-0.3, -0.25) is 0 Å². The number of anilines is 1. The van der Waals surface area contributed by atoms with Crippen LogP contribution in [0.25, 0.3) is 0 Å². The van der Waals surface area contributed by atoms with Gasteiger partial charge in [0.05, 0.1) is 12.1 Å². The number of hydrogen-bond donors (Lipinski definition) is 1. The molecule has 20 heavy (non-hydrogen) atoms. The second-order valence-corrected chi connectivity index (χ2v) is 4.65. The predicted molar refractivity (Wildman–Crippen MR) is 75.8 cm³/mol. The van der Waals surface area contributed by atoms with Crippen molar-refractivity contribution in [3.63, 3.8) is 0 Å². The van der Waals surface area contributed by atoms with Crippen LogP contribution in [0.1, 0.15) is 13.3 Å². The molecule has 0 heterocycles. The highest BCUT2D eigenvalue weighted by Gasteiger charge is 2.42. The molecule has 1 aromatic carbocycles. The molecule has 0 bridgehead atoms. The highest BCUT2D eigenvalue weighted by Crippen LogP contribution is 2.30. The Kier molecular flexibility index (Phi) is 5.22. The second-order valence-electron chi connectivity index (χ2n) is 4.65. The van der Waals surface area contributed by atoms with Crippen molar-refractivity contribution in [2.45, 2.75) is 31.6 Å². The average Bonchev–Trinajstić information content (AvgIpc) is 2.45. The molecule has 108 valence electrons. The molecule has 1 saturated carbocycles. The first-order valence-electron chi connectivity index (χ1n) is 6.79. The van der Waals surface area contributed by atoms with Crippen molar-refractivity contribution >= 4 is 5.69 Å². The van der Waals surface area contributed by atoms with Crippen LogP contribution in [0.5, 0.6) is 5.75 Å². The van der Waals surface area contributed by atoms with E-state index in [4.69, 9.17) is 19.5 Å². The Morgan fingerprint density at radius 3 is 2.70 bits per heavy atom. The lowest BCUT2D eigenvalue weighted by atomic mass is 9.85.